The first kappa shape index (κ1) is 23.3. The van der Waals surface area contributed by atoms with Crippen LogP contribution in [0.5, 0.6) is 0 Å². The van der Waals surface area contributed by atoms with Gasteiger partial charge in [0.1, 0.15) is 11.8 Å². The lowest BCUT2D eigenvalue weighted by molar-refractivity contribution is -0.144. The smallest absolute Gasteiger partial charge is 0.307 e. The van der Waals surface area contributed by atoms with E-state index in [1.165, 1.54) is 0 Å². The molecule has 3 aromatic heterocycles. The number of rotatable bonds is 5. The van der Waals surface area contributed by atoms with E-state index >= 15 is 0 Å². The number of pyridine rings is 1. The Hall–Kier alpha value is -3.82. The second-order valence-electron chi connectivity index (χ2n) is 10.7. The first-order valence-electron chi connectivity index (χ1n) is 13.2. The van der Waals surface area contributed by atoms with Crippen LogP contribution in [0.3, 0.4) is 0 Å². The minimum atomic E-state index is -0.673. The van der Waals surface area contributed by atoms with Crippen molar-refractivity contribution in [3.63, 3.8) is 0 Å². The van der Waals surface area contributed by atoms with E-state index in [2.05, 4.69) is 32.0 Å². The van der Waals surface area contributed by atoms with Gasteiger partial charge in [-0.1, -0.05) is 24.3 Å². The fourth-order valence-electron chi connectivity index (χ4n) is 6.78. The van der Waals surface area contributed by atoms with Crippen molar-refractivity contribution in [1.82, 2.24) is 19.4 Å². The summed E-state index contributed by atoms with van der Waals surface area (Å²) in [6, 6.07) is 12.1. The molecule has 0 spiro atoms. The van der Waals surface area contributed by atoms with Gasteiger partial charge in [-0.15, -0.1) is 0 Å². The van der Waals surface area contributed by atoms with Crippen molar-refractivity contribution < 1.29 is 19.7 Å². The molecule has 9 nitrogen and oxygen atoms in total. The number of hydrogen-bond acceptors (Lipinski definition) is 7. The quantitative estimate of drug-likeness (QED) is 0.413. The van der Waals surface area contributed by atoms with Crippen LogP contribution in [0.1, 0.15) is 54.5 Å². The summed E-state index contributed by atoms with van der Waals surface area (Å²) in [6.07, 6.45) is 7.18. The SMILES string of the molecule is C[C@@H]1O[C@@H](c2c(CO)nc3ccc(-c4cnc(N5C[C@H]6CC[C@@H](C5)C6C(=O)O)nc4)cn23)c2ccccc21. The summed E-state index contributed by atoms with van der Waals surface area (Å²) in [7, 11) is 0. The maximum Gasteiger partial charge on any atom is 0.307 e. The van der Waals surface area contributed by atoms with Gasteiger partial charge in [-0.25, -0.2) is 15.0 Å². The summed E-state index contributed by atoms with van der Waals surface area (Å²) in [6.45, 7) is 3.23. The van der Waals surface area contributed by atoms with Gasteiger partial charge in [0.15, 0.2) is 0 Å². The second kappa shape index (κ2) is 8.89. The number of aliphatic hydroxyl groups is 1. The highest BCUT2D eigenvalue weighted by Gasteiger charge is 2.46. The number of hydrogen-bond donors (Lipinski definition) is 2. The topological polar surface area (TPSA) is 113 Å². The Labute approximate surface area is 219 Å². The molecule has 3 aliphatic rings. The summed E-state index contributed by atoms with van der Waals surface area (Å²) < 4.78 is 8.36. The van der Waals surface area contributed by atoms with Crippen LogP contribution < -0.4 is 4.90 Å². The highest BCUT2D eigenvalue weighted by atomic mass is 16.5. The van der Waals surface area contributed by atoms with Gasteiger partial charge in [-0.3, -0.25) is 4.79 Å². The average molecular weight is 512 g/mol. The molecule has 1 saturated heterocycles. The van der Waals surface area contributed by atoms with E-state index in [1.807, 2.05) is 54.2 Å². The number of aliphatic carboxylic acids is 1. The van der Waals surface area contributed by atoms with Crippen molar-refractivity contribution in [3.05, 3.63) is 77.5 Å². The predicted molar refractivity (Wildman–Crippen MR) is 139 cm³/mol. The molecule has 9 heteroatoms. The van der Waals surface area contributed by atoms with Crippen molar-refractivity contribution in [2.45, 2.75) is 38.6 Å². The number of anilines is 1. The Morgan fingerprint density at radius 2 is 1.74 bits per heavy atom. The monoisotopic (exact) mass is 511 g/mol. The molecule has 0 radical (unpaired) electrons. The van der Waals surface area contributed by atoms with Gasteiger partial charge in [0.05, 0.1) is 30.0 Å². The predicted octanol–water partition coefficient (Wildman–Crippen LogP) is 4.01. The number of carbonyl (C=O) groups is 1. The molecule has 0 amide bonds. The molecule has 1 aromatic carbocycles. The summed E-state index contributed by atoms with van der Waals surface area (Å²) in [5.41, 5.74) is 6.20. The zero-order valence-electron chi connectivity index (χ0n) is 21.1. The highest BCUT2D eigenvalue weighted by molar-refractivity contribution is 5.72. The summed E-state index contributed by atoms with van der Waals surface area (Å²) >= 11 is 0. The van der Waals surface area contributed by atoms with Crippen molar-refractivity contribution in [2.75, 3.05) is 18.0 Å². The van der Waals surface area contributed by atoms with E-state index in [0.717, 1.165) is 46.4 Å². The van der Waals surface area contributed by atoms with E-state index in [9.17, 15) is 15.0 Å². The molecule has 38 heavy (non-hydrogen) atoms. The van der Waals surface area contributed by atoms with E-state index in [-0.39, 0.29) is 36.6 Å². The number of nitrogens with zero attached hydrogens (tertiary/aromatic N) is 5. The van der Waals surface area contributed by atoms with Crippen LogP contribution in [0, 0.1) is 17.8 Å². The Bertz CT molecular complexity index is 1520. The molecule has 5 heterocycles. The normalized spacial score (nSPS) is 26.2. The third-order valence-electron chi connectivity index (χ3n) is 8.56. The molecule has 2 bridgehead atoms. The van der Waals surface area contributed by atoms with Gasteiger partial charge in [-0.05, 0) is 54.9 Å². The summed E-state index contributed by atoms with van der Waals surface area (Å²) in [5.74, 6) is 0.0366. The first-order valence-corrected chi connectivity index (χ1v) is 13.2. The Morgan fingerprint density at radius 1 is 1.03 bits per heavy atom. The Morgan fingerprint density at radius 3 is 2.42 bits per heavy atom. The van der Waals surface area contributed by atoms with Gasteiger partial charge >= 0.3 is 5.97 Å². The lowest BCUT2D eigenvalue weighted by Crippen LogP contribution is -2.45. The van der Waals surface area contributed by atoms with E-state index in [0.29, 0.717) is 24.7 Å². The molecular weight excluding hydrogens is 482 g/mol. The Kier molecular flexibility index (Phi) is 5.45. The lowest BCUT2D eigenvalue weighted by Gasteiger charge is -2.35. The highest BCUT2D eigenvalue weighted by Crippen LogP contribution is 2.44. The molecule has 2 N–H and O–H groups in total. The first-order chi connectivity index (χ1) is 18.5. The molecule has 194 valence electrons. The molecule has 5 atom stereocenters. The Balaban J connectivity index is 1.21. The molecule has 2 aliphatic heterocycles. The van der Waals surface area contributed by atoms with Gasteiger partial charge in [0, 0.05) is 42.8 Å². The van der Waals surface area contributed by atoms with Crippen LogP contribution >= 0.6 is 0 Å². The fourth-order valence-corrected chi connectivity index (χ4v) is 6.78. The van der Waals surface area contributed by atoms with Crippen molar-refractivity contribution in [3.8, 4) is 11.1 Å². The molecule has 1 unspecified atom stereocenters. The zero-order chi connectivity index (χ0) is 26.0. The van der Waals surface area contributed by atoms with Crippen LogP contribution in [-0.4, -0.2) is 48.6 Å². The number of benzene rings is 1. The van der Waals surface area contributed by atoms with Crippen molar-refractivity contribution in [1.29, 1.82) is 0 Å². The summed E-state index contributed by atoms with van der Waals surface area (Å²) in [5, 5.41) is 19.7. The maximum absolute atomic E-state index is 11.7. The lowest BCUT2D eigenvalue weighted by atomic mass is 9.85. The number of carboxylic acid groups (broad SMARTS) is 1. The molecule has 2 fully saturated rings. The zero-order valence-corrected chi connectivity index (χ0v) is 21.1. The van der Waals surface area contributed by atoms with Crippen molar-refractivity contribution >= 4 is 17.6 Å². The second-order valence-corrected chi connectivity index (χ2v) is 10.7. The van der Waals surface area contributed by atoms with Gasteiger partial charge in [-0.2, -0.15) is 0 Å². The maximum atomic E-state index is 11.7. The summed E-state index contributed by atoms with van der Waals surface area (Å²) in [4.78, 5) is 27.8. The number of piperidine rings is 1. The van der Waals surface area contributed by atoms with E-state index in [1.54, 1.807) is 0 Å². The average Bonchev–Trinajstić information content (AvgIpc) is 3.56. The molecule has 4 aromatic rings. The molecule has 7 rings (SSSR count). The number of carboxylic acids is 1. The number of aromatic nitrogens is 4. The van der Waals surface area contributed by atoms with Gasteiger partial charge in [0.25, 0.3) is 0 Å². The largest absolute Gasteiger partial charge is 0.481 e. The standard InChI is InChI=1S/C29H29N5O4/c1-16-21-4-2-3-5-22(21)27(38-16)26-23(15-35)32-24-9-8-17(14-34(24)26)20-10-30-29(31-11-20)33-12-18-6-7-19(13-33)25(18)28(36)37/h2-5,8-11,14,16,18-19,25,27,35H,6-7,12-13,15H2,1H3,(H,36,37)/t16-,18-,19+,25?,27+/m0/s1. The number of ether oxygens (including phenoxy) is 1. The van der Waals surface area contributed by atoms with Crippen LogP contribution in [0.2, 0.25) is 0 Å². The fraction of sp³-hybridized carbons (Fsp3) is 0.379. The van der Waals surface area contributed by atoms with Crippen LogP contribution in [0.25, 0.3) is 16.8 Å². The van der Waals surface area contributed by atoms with E-state index in [4.69, 9.17) is 4.74 Å². The van der Waals surface area contributed by atoms with Crippen LogP contribution in [0.4, 0.5) is 5.95 Å². The third kappa shape index (κ3) is 3.60. The minimum Gasteiger partial charge on any atom is -0.481 e. The van der Waals surface area contributed by atoms with E-state index < -0.39 is 5.97 Å². The van der Waals surface area contributed by atoms with Crippen LogP contribution in [-0.2, 0) is 16.1 Å². The molecule has 1 saturated carbocycles. The molecule has 1 aliphatic carbocycles. The van der Waals surface area contributed by atoms with Gasteiger partial charge in [0.2, 0.25) is 5.95 Å². The molecular formula is C29H29N5O4. The third-order valence-corrected chi connectivity index (χ3v) is 8.56. The number of imidazole rings is 1. The van der Waals surface area contributed by atoms with Gasteiger partial charge < -0.3 is 24.3 Å². The van der Waals surface area contributed by atoms with Crippen LogP contribution in [0.15, 0.2) is 55.0 Å². The minimum absolute atomic E-state index is 0.0479. The van der Waals surface area contributed by atoms with Crippen molar-refractivity contribution in [2.24, 2.45) is 17.8 Å². The number of aliphatic hydroxyl groups excluding tert-OH is 1. The number of fused-ring (bicyclic) bond motifs is 4.